The molecule has 2 heterocycles. The fourth-order valence-corrected chi connectivity index (χ4v) is 3.87. The maximum Gasteiger partial charge on any atom is 0.312 e. The summed E-state index contributed by atoms with van der Waals surface area (Å²) in [4.78, 5) is 23.7. The van der Waals surface area contributed by atoms with E-state index in [4.69, 9.17) is 5.11 Å². The number of nitrogens with one attached hydrogen (secondary N) is 3. The molecule has 0 spiro atoms. The molecule has 0 bridgehead atoms. The Hall–Kier alpha value is -3.09. The molecule has 10 nitrogen and oxygen atoms in total. The zero-order valence-corrected chi connectivity index (χ0v) is 17.1. The van der Waals surface area contributed by atoms with Crippen LogP contribution in [-0.2, 0) is 14.8 Å². The van der Waals surface area contributed by atoms with E-state index in [9.17, 15) is 13.2 Å². The van der Waals surface area contributed by atoms with Crippen LogP contribution < -0.4 is 15.4 Å². The molecule has 3 aromatic rings. The summed E-state index contributed by atoms with van der Waals surface area (Å²) in [5.74, 6) is -0.758. The van der Waals surface area contributed by atoms with Gasteiger partial charge in [0.05, 0.1) is 16.5 Å². The van der Waals surface area contributed by atoms with Crippen molar-refractivity contribution in [2.24, 2.45) is 0 Å². The molecule has 1 unspecified atom stereocenters. The smallest absolute Gasteiger partial charge is 0.312 e. The Morgan fingerprint density at radius 3 is 2.59 bits per heavy atom. The van der Waals surface area contributed by atoms with Gasteiger partial charge in [0.25, 0.3) is 0 Å². The van der Waals surface area contributed by atoms with Crippen LogP contribution in [0.4, 0.5) is 22.5 Å². The summed E-state index contributed by atoms with van der Waals surface area (Å²) in [6.07, 6.45) is 1.34. The first-order chi connectivity index (χ1) is 13.8. The van der Waals surface area contributed by atoms with E-state index in [-0.39, 0.29) is 4.90 Å². The van der Waals surface area contributed by atoms with Crippen LogP contribution in [0.1, 0.15) is 18.5 Å². The highest BCUT2D eigenvalue weighted by molar-refractivity contribution is 7.89. The van der Waals surface area contributed by atoms with Crippen molar-refractivity contribution in [2.45, 2.75) is 17.7 Å². The van der Waals surface area contributed by atoms with Crippen molar-refractivity contribution in [3.05, 3.63) is 47.7 Å². The number of benzene rings is 1. The number of aliphatic carboxylic acids is 1. The van der Waals surface area contributed by atoms with Gasteiger partial charge in [-0.2, -0.15) is 0 Å². The number of thiazole rings is 1. The Balaban J connectivity index is 1.75. The zero-order chi connectivity index (χ0) is 21.0. The number of sulfonamides is 1. The van der Waals surface area contributed by atoms with Crippen molar-refractivity contribution < 1.29 is 18.3 Å². The minimum absolute atomic E-state index is 0.125. The standard InChI is InChI=1S/C17H18N6O4S2/c1-10(16(24)25)13-8-28-17(22-13)23-15-7-14(19-9-20-15)21-11-4-3-5-12(6-11)29(26,27)18-2/h3-10,18H,1-2H3,(H,24,25)(H2,19,20,21,22,23). The SMILES string of the molecule is CNS(=O)(=O)c1cccc(Nc2cc(Nc3nc(C(C)C(=O)O)cs3)ncn2)c1. The van der Waals surface area contributed by atoms with Crippen molar-refractivity contribution in [2.75, 3.05) is 17.7 Å². The largest absolute Gasteiger partial charge is 0.481 e. The third-order valence-electron chi connectivity index (χ3n) is 3.92. The van der Waals surface area contributed by atoms with Gasteiger partial charge in [0.1, 0.15) is 18.0 Å². The van der Waals surface area contributed by atoms with Gasteiger partial charge in [-0.15, -0.1) is 11.3 Å². The van der Waals surface area contributed by atoms with E-state index in [0.29, 0.717) is 28.1 Å². The van der Waals surface area contributed by atoms with Crippen LogP contribution in [0.2, 0.25) is 0 Å². The molecule has 4 N–H and O–H groups in total. The van der Waals surface area contributed by atoms with E-state index in [1.54, 1.807) is 30.5 Å². The molecule has 0 aliphatic carbocycles. The van der Waals surface area contributed by atoms with Gasteiger partial charge in [-0.3, -0.25) is 4.79 Å². The number of rotatable bonds is 8. The van der Waals surface area contributed by atoms with Crippen LogP contribution >= 0.6 is 11.3 Å². The molecule has 152 valence electrons. The molecule has 0 aliphatic rings. The summed E-state index contributed by atoms with van der Waals surface area (Å²) >= 11 is 1.27. The van der Waals surface area contributed by atoms with Gasteiger partial charge < -0.3 is 15.7 Å². The van der Waals surface area contributed by atoms with E-state index < -0.39 is 21.9 Å². The molecule has 1 atom stereocenters. The van der Waals surface area contributed by atoms with Crippen molar-refractivity contribution in [1.29, 1.82) is 0 Å². The Morgan fingerprint density at radius 2 is 1.90 bits per heavy atom. The lowest BCUT2D eigenvalue weighted by atomic mass is 10.1. The van der Waals surface area contributed by atoms with Crippen molar-refractivity contribution in [1.82, 2.24) is 19.7 Å². The topological polar surface area (TPSA) is 146 Å². The summed E-state index contributed by atoms with van der Waals surface area (Å²) < 4.78 is 26.1. The van der Waals surface area contributed by atoms with Crippen LogP contribution in [0.5, 0.6) is 0 Å². The number of aromatic nitrogens is 3. The van der Waals surface area contributed by atoms with Gasteiger partial charge >= 0.3 is 5.97 Å². The van der Waals surface area contributed by atoms with Gasteiger partial charge in [0.2, 0.25) is 10.0 Å². The fourth-order valence-electron chi connectivity index (χ4n) is 2.28. The lowest BCUT2D eigenvalue weighted by Gasteiger charge is -2.09. The van der Waals surface area contributed by atoms with Crippen LogP contribution in [0, 0.1) is 0 Å². The van der Waals surface area contributed by atoms with E-state index >= 15 is 0 Å². The monoisotopic (exact) mass is 434 g/mol. The molecule has 12 heteroatoms. The third-order valence-corrected chi connectivity index (χ3v) is 6.11. The summed E-state index contributed by atoms with van der Waals surface area (Å²) in [6.45, 7) is 1.57. The average molecular weight is 435 g/mol. The first-order valence-electron chi connectivity index (χ1n) is 8.36. The van der Waals surface area contributed by atoms with Gasteiger partial charge in [0, 0.05) is 17.1 Å². The van der Waals surface area contributed by atoms with Crippen LogP contribution in [0.15, 0.2) is 46.9 Å². The third kappa shape index (κ3) is 5.04. The molecule has 0 fully saturated rings. The highest BCUT2D eigenvalue weighted by Crippen LogP contribution is 2.25. The number of hydrogen-bond acceptors (Lipinski definition) is 9. The molecular formula is C17H18N6O4S2. The van der Waals surface area contributed by atoms with Gasteiger partial charge in [-0.25, -0.2) is 28.1 Å². The maximum atomic E-state index is 11.9. The van der Waals surface area contributed by atoms with Crippen molar-refractivity contribution in [3.8, 4) is 0 Å². The number of hydrogen-bond donors (Lipinski definition) is 4. The van der Waals surface area contributed by atoms with E-state index in [2.05, 4.69) is 30.3 Å². The molecule has 0 saturated carbocycles. The molecule has 29 heavy (non-hydrogen) atoms. The van der Waals surface area contributed by atoms with Crippen LogP contribution in [-0.4, -0.2) is 41.5 Å². The lowest BCUT2D eigenvalue weighted by Crippen LogP contribution is -2.18. The number of nitrogens with zero attached hydrogens (tertiary/aromatic N) is 3. The number of carbonyl (C=O) groups is 1. The molecule has 0 aliphatic heterocycles. The Bertz CT molecular complexity index is 1130. The minimum atomic E-state index is -3.56. The van der Waals surface area contributed by atoms with Gasteiger partial charge in [0.15, 0.2) is 5.13 Å². The highest BCUT2D eigenvalue weighted by Gasteiger charge is 2.17. The van der Waals surface area contributed by atoms with Crippen LogP contribution in [0.25, 0.3) is 0 Å². The minimum Gasteiger partial charge on any atom is -0.481 e. The predicted octanol–water partition coefficient (Wildman–Crippen LogP) is 2.52. The second-order valence-electron chi connectivity index (χ2n) is 5.91. The Kier molecular flexibility index (Phi) is 6.06. The molecule has 0 saturated heterocycles. The Labute approximate surface area is 171 Å². The summed E-state index contributed by atoms with van der Waals surface area (Å²) in [7, 11) is -2.21. The van der Waals surface area contributed by atoms with Crippen molar-refractivity contribution >= 4 is 49.8 Å². The predicted molar refractivity (Wildman–Crippen MR) is 109 cm³/mol. The molecule has 3 rings (SSSR count). The quantitative estimate of drug-likeness (QED) is 0.420. The number of carboxylic acids is 1. The first kappa shape index (κ1) is 20.6. The van der Waals surface area contributed by atoms with E-state index in [1.807, 2.05) is 0 Å². The second kappa shape index (κ2) is 8.51. The molecule has 1 aromatic carbocycles. The highest BCUT2D eigenvalue weighted by atomic mass is 32.2. The zero-order valence-electron chi connectivity index (χ0n) is 15.4. The first-order valence-corrected chi connectivity index (χ1v) is 10.7. The fraction of sp³-hybridized carbons (Fsp3) is 0.176. The number of anilines is 4. The number of carboxylic acid groups (broad SMARTS) is 1. The normalized spacial score (nSPS) is 12.3. The van der Waals surface area contributed by atoms with Crippen LogP contribution in [0.3, 0.4) is 0 Å². The summed E-state index contributed by atoms with van der Waals surface area (Å²) in [5.41, 5.74) is 0.998. The summed E-state index contributed by atoms with van der Waals surface area (Å²) in [6, 6.07) is 7.93. The second-order valence-corrected chi connectivity index (χ2v) is 8.66. The van der Waals surface area contributed by atoms with Gasteiger partial charge in [-0.05, 0) is 32.2 Å². The maximum absolute atomic E-state index is 11.9. The lowest BCUT2D eigenvalue weighted by molar-refractivity contribution is -0.138. The summed E-state index contributed by atoms with van der Waals surface area (Å²) in [5, 5.41) is 17.3. The molecule has 0 amide bonds. The van der Waals surface area contributed by atoms with Gasteiger partial charge in [-0.1, -0.05) is 6.07 Å². The Morgan fingerprint density at radius 1 is 1.17 bits per heavy atom. The van der Waals surface area contributed by atoms with Crippen molar-refractivity contribution in [3.63, 3.8) is 0 Å². The van der Waals surface area contributed by atoms with E-state index in [0.717, 1.165) is 0 Å². The molecule has 2 aromatic heterocycles. The molecule has 0 radical (unpaired) electrons. The average Bonchev–Trinajstić information content (AvgIpc) is 3.16. The van der Waals surface area contributed by atoms with E-state index in [1.165, 1.54) is 36.8 Å². The molecular weight excluding hydrogens is 416 g/mol.